The van der Waals surface area contributed by atoms with Gasteiger partial charge in [0.1, 0.15) is 0 Å². The van der Waals surface area contributed by atoms with Crippen molar-refractivity contribution in [1.29, 1.82) is 0 Å². The van der Waals surface area contributed by atoms with Gasteiger partial charge in [-0.2, -0.15) is 0 Å². The molecule has 1 aromatic heterocycles. The Morgan fingerprint density at radius 2 is 2.12 bits per heavy atom. The number of carbonyl (C=O) groups is 1. The number of pyridine rings is 1. The third-order valence-electron chi connectivity index (χ3n) is 3.13. The molecule has 2 rings (SSSR count). The van der Waals surface area contributed by atoms with Crippen molar-refractivity contribution in [1.82, 2.24) is 4.98 Å². The van der Waals surface area contributed by atoms with Crippen molar-refractivity contribution >= 4 is 11.5 Å². The quantitative estimate of drug-likeness (QED) is 0.793. The second-order valence-electron chi connectivity index (χ2n) is 4.55. The van der Waals surface area contributed by atoms with Crippen LogP contribution in [0, 0.1) is 6.92 Å². The number of aryl methyl sites for hydroxylation is 1. The summed E-state index contributed by atoms with van der Waals surface area (Å²) in [4.78, 5) is 15.6. The normalized spacial score (nSPS) is 16.4. The third-order valence-corrected chi connectivity index (χ3v) is 3.13. The summed E-state index contributed by atoms with van der Waals surface area (Å²) in [5.41, 5.74) is 2.61. The van der Waals surface area contributed by atoms with E-state index in [1.165, 1.54) is 25.7 Å². The van der Waals surface area contributed by atoms with Gasteiger partial charge in [0.25, 0.3) is 0 Å². The summed E-state index contributed by atoms with van der Waals surface area (Å²) in [5.74, 6) is 0.0768. The third kappa shape index (κ3) is 2.40. The van der Waals surface area contributed by atoms with E-state index in [-0.39, 0.29) is 5.78 Å². The number of Topliss-reactive ketones (excluding diaryl/α,β-unsaturated/α-hetero) is 1. The van der Waals surface area contributed by atoms with Crippen LogP contribution in [0.5, 0.6) is 0 Å². The Kier molecular flexibility index (Phi) is 3.22. The van der Waals surface area contributed by atoms with Gasteiger partial charge in [-0.15, -0.1) is 0 Å². The number of ketones is 1. The van der Waals surface area contributed by atoms with E-state index in [0.29, 0.717) is 11.6 Å². The molecule has 1 aliphatic rings. The first kappa shape index (κ1) is 11.1. The van der Waals surface area contributed by atoms with Crippen molar-refractivity contribution < 1.29 is 4.79 Å². The van der Waals surface area contributed by atoms with Gasteiger partial charge >= 0.3 is 0 Å². The molecule has 0 aliphatic heterocycles. The average molecular weight is 218 g/mol. The molecule has 86 valence electrons. The number of nitrogens with zero attached hydrogens (tertiary/aromatic N) is 1. The van der Waals surface area contributed by atoms with Crippen molar-refractivity contribution in [3.8, 4) is 0 Å². The van der Waals surface area contributed by atoms with Gasteiger partial charge in [-0.1, -0.05) is 12.8 Å². The minimum absolute atomic E-state index is 0.0768. The highest BCUT2D eigenvalue weighted by Gasteiger charge is 2.17. The van der Waals surface area contributed by atoms with Gasteiger partial charge in [-0.05, 0) is 32.8 Å². The fraction of sp³-hybridized carbons (Fsp3) is 0.538. The molecule has 16 heavy (non-hydrogen) atoms. The summed E-state index contributed by atoms with van der Waals surface area (Å²) in [5, 5.41) is 3.47. The van der Waals surface area contributed by atoms with Crippen LogP contribution in [0.4, 0.5) is 5.69 Å². The first-order chi connectivity index (χ1) is 7.66. The number of anilines is 1. The zero-order chi connectivity index (χ0) is 11.5. The van der Waals surface area contributed by atoms with Crippen LogP contribution in [0.25, 0.3) is 0 Å². The van der Waals surface area contributed by atoms with E-state index < -0.39 is 0 Å². The summed E-state index contributed by atoms with van der Waals surface area (Å²) >= 11 is 0. The molecule has 0 radical (unpaired) electrons. The van der Waals surface area contributed by atoms with E-state index in [2.05, 4.69) is 10.3 Å². The Morgan fingerprint density at radius 1 is 1.44 bits per heavy atom. The molecule has 3 nitrogen and oxygen atoms in total. The van der Waals surface area contributed by atoms with Gasteiger partial charge in [0.05, 0.1) is 5.56 Å². The van der Waals surface area contributed by atoms with Crippen molar-refractivity contribution in [2.24, 2.45) is 0 Å². The molecular weight excluding hydrogens is 200 g/mol. The lowest BCUT2D eigenvalue weighted by molar-refractivity contribution is 0.101. The summed E-state index contributed by atoms with van der Waals surface area (Å²) in [6, 6.07) is 2.49. The van der Waals surface area contributed by atoms with Crippen LogP contribution in [0.15, 0.2) is 12.3 Å². The SMILES string of the molecule is CC(=O)c1cnc(C)cc1NC1CCCC1. The fourth-order valence-electron chi connectivity index (χ4n) is 2.25. The van der Waals surface area contributed by atoms with Crippen LogP contribution in [-0.4, -0.2) is 16.8 Å². The Labute approximate surface area is 96.3 Å². The van der Waals surface area contributed by atoms with E-state index >= 15 is 0 Å². The van der Waals surface area contributed by atoms with Crippen molar-refractivity contribution in [2.75, 3.05) is 5.32 Å². The number of carbonyl (C=O) groups excluding carboxylic acids is 1. The monoisotopic (exact) mass is 218 g/mol. The highest BCUT2D eigenvalue weighted by atomic mass is 16.1. The van der Waals surface area contributed by atoms with E-state index in [9.17, 15) is 4.79 Å². The molecule has 1 fully saturated rings. The van der Waals surface area contributed by atoms with Crippen LogP contribution in [-0.2, 0) is 0 Å². The molecule has 0 spiro atoms. The lowest BCUT2D eigenvalue weighted by Gasteiger charge is -2.16. The molecule has 1 saturated carbocycles. The van der Waals surface area contributed by atoms with Crippen LogP contribution >= 0.6 is 0 Å². The Hall–Kier alpha value is -1.38. The van der Waals surface area contributed by atoms with Gasteiger partial charge in [-0.25, -0.2) is 0 Å². The Balaban J connectivity index is 2.22. The zero-order valence-corrected chi connectivity index (χ0v) is 9.92. The van der Waals surface area contributed by atoms with Crippen LogP contribution in [0.1, 0.15) is 48.7 Å². The van der Waals surface area contributed by atoms with Crippen molar-refractivity contribution in [3.63, 3.8) is 0 Å². The Bertz CT molecular complexity index is 395. The number of nitrogens with one attached hydrogen (secondary N) is 1. The molecule has 3 heteroatoms. The second kappa shape index (κ2) is 4.64. The molecular formula is C13H18N2O. The van der Waals surface area contributed by atoms with Crippen LogP contribution < -0.4 is 5.32 Å². The molecule has 0 amide bonds. The molecule has 0 atom stereocenters. The molecule has 0 aromatic carbocycles. The lowest BCUT2D eigenvalue weighted by atomic mass is 10.1. The number of aromatic nitrogens is 1. The maximum absolute atomic E-state index is 11.5. The van der Waals surface area contributed by atoms with E-state index in [1.807, 2.05) is 13.0 Å². The standard InChI is InChI=1S/C13H18N2O/c1-9-7-13(12(8-14-9)10(2)16)15-11-5-3-4-6-11/h7-8,11H,3-6H2,1-2H3,(H,14,15). The molecule has 1 heterocycles. The van der Waals surface area contributed by atoms with E-state index in [1.54, 1.807) is 13.1 Å². The first-order valence-corrected chi connectivity index (χ1v) is 5.91. The number of rotatable bonds is 3. The maximum Gasteiger partial charge on any atom is 0.163 e. The van der Waals surface area contributed by atoms with Gasteiger partial charge in [0, 0.05) is 23.6 Å². The second-order valence-corrected chi connectivity index (χ2v) is 4.55. The predicted molar refractivity (Wildman–Crippen MR) is 64.9 cm³/mol. The van der Waals surface area contributed by atoms with Gasteiger partial charge in [0.15, 0.2) is 5.78 Å². The summed E-state index contributed by atoms with van der Waals surface area (Å²) in [7, 11) is 0. The maximum atomic E-state index is 11.5. The fourth-order valence-corrected chi connectivity index (χ4v) is 2.25. The first-order valence-electron chi connectivity index (χ1n) is 5.91. The van der Waals surface area contributed by atoms with E-state index in [4.69, 9.17) is 0 Å². The average Bonchev–Trinajstić information content (AvgIpc) is 2.70. The van der Waals surface area contributed by atoms with Crippen molar-refractivity contribution in [2.45, 2.75) is 45.6 Å². The molecule has 0 bridgehead atoms. The number of hydrogen-bond donors (Lipinski definition) is 1. The largest absolute Gasteiger partial charge is 0.382 e. The van der Waals surface area contributed by atoms with E-state index in [0.717, 1.165) is 11.4 Å². The highest BCUT2D eigenvalue weighted by molar-refractivity contribution is 5.99. The van der Waals surface area contributed by atoms with Crippen LogP contribution in [0.2, 0.25) is 0 Å². The minimum atomic E-state index is 0.0768. The van der Waals surface area contributed by atoms with Gasteiger partial charge in [0.2, 0.25) is 0 Å². The topological polar surface area (TPSA) is 42.0 Å². The molecule has 1 aromatic rings. The summed E-state index contributed by atoms with van der Waals surface area (Å²) < 4.78 is 0. The molecule has 1 N–H and O–H groups in total. The van der Waals surface area contributed by atoms with Gasteiger partial charge < -0.3 is 5.32 Å². The molecule has 1 aliphatic carbocycles. The van der Waals surface area contributed by atoms with Crippen molar-refractivity contribution in [3.05, 3.63) is 23.5 Å². The molecule has 0 unspecified atom stereocenters. The highest BCUT2D eigenvalue weighted by Crippen LogP contribution is 2.24. The summed E-state index contributed by atoms with van der Waals surface area (Å²) in [6.45, 7) is 3.54. The lowest BCUT2D eigenvalue weighted by Crippen LogP contribution is -2.17. The minimum Gasteiger partial charge on any atom is -0.382 e. The van der Waals surface area contributed by atoms with Gasteiger partial charge in [-0.3, -0.25) is 9.78 Å². The molecule has 0 saturated heterocycles. The van der Waals surface area contributed by atoms with Crippen LogP contribution in [0.3, 0.4) is 0 Å². The zero-order valence-electron chi connectivity index (χ0n) is 9.92. The number of hydrogen-bond acceptors (Lipinski definition) is 3. The predicted octanol–water partition coefficient (Wildman–Crippen LogP) is 2.95. The Morgan fingerprint density at radius 3 is 2.75 bits per heavy atom. The smallest absolute Gasteiger partial charge is 0.163 e. The summed E-state index contributed by atoms with van der Waals surface area (Å²) in [6.07, 6.45) is 6.67.